The van der Waals surface area contributed by atoms with Gasteiger partial charge in [-0.1, -0.05) is 257 Å². The highest BCUT2D eigenvalue weighted by atomic mass is 14.3. The third-order valence-electron chi connectivity index (χ3n) is 10.1. The summed E-state index contributed by atoms with van der Waals surface area (Å²) in [5.74, 6) is 5.24. The average Bonchev–Trinajstić information content (AvgIpc) is 3.00. The zero-order valence-corrected chi connectivity index (χ0v) is 33.0. The predicted molar refractivity (Wildman–Crippen MR) is 211 cm³/mol. The van der Waals surface area contributed by atoms with Gasteiger partial charge in [0.1, 0.15) is 0 Å². The molecule has 272 valence electrons. The molecule has 0 saturated heterocycles. The Morgan fingerprint density at radius 3 is 0.636 bits per heavy atom. The van der Waals surface area contributed by atoms with Crippen molar-refractivity contribution in [3.63, 3.8) is 0 Å². The standard InChI is InChI=1S/C17H32.2C9H18.4C2H6.CH4/c1-15-9-7-13-17(14-8-10-15)16-11-5-3-2-4-6-12-16;2*1-9-7-5-3-2-4-6-8-9;4*1-2;/h15-17H,2-14H2,1H3;2*9H,2-8H2,1H3;4*1-2H3;1H4. The summed E-state index contributed by atoms with van der Waals surface area (Å²) < 4.78 is 0. The quantitative estimate of drug-likeness (QED) is 0.272. The average molecular weight is 625 g/mol. The van der Waals surface area contributed by atoms with Gasteiger partial charge in [-0.25, -0.2) is 0 Å². The topological polar surface area (TPSA) is 0 Å². The van der Waals surface area contributed by atoms with Crippen LogP contribution in [0, 0.1) is 29.6 Å². The summed E-state index contributed by atoms with van der Waals surface area (Å²) in [6.45, 7) is 23.2. The molecular weight excluding hydrogens is 528 g/mol. The van der Waals surface area contributed by atoms with Gasteiger partial charge in [0, 0.05) is 0 Å². The van der Waals surface area contributed by atoms with Crippen LogP contribution in [-0.2, 0) is 0 Å². The van der Waals surface area contributed by atoms with Crippen molar-refractivity contribution in [2.45, 2.75) is 257 Å². The van der Waals surface area contributed by atoms with E-state index < -0.39 is 0 Å². The smallest absolute Gasteiger partial charge is 0.0386 e. The molecule has 0 radical (unpaired) electrons. The molecule has 44 heavy (non-hydrogen) atoms. The van der Waals surface area contributed by atoms with Crippen molar-refractivity contribution in [1.82, 2.24) is 0 Å². The fourth-order valence-electron chi connectivity index (χ4n) is 7.50. The largest absolute Gasteiger partial charge is 0.0776 e. The molecule has 4 saturated carbocycles. The van der Waals surface area contributed by atoms with Crippen LogP contribution >= 0.6 is 0 Å². The van der Waals surface area contributed by atoms with E-state index in [-0.39, 0.29) is 7.43 Å². The first-order valence-electron chi connectivity index (χ1n) is 21.1. The fraction of sp³-hybridized carbons (Fsp3) is 1.00. The Morgan fingerprint density at radius 1 is 0.227 bits per heavy atom. The van der Waals surface area contributed by atoms with Crippen molar-refractivity contribution in [3.05, 3.63) is 0 Å². The Labute approximate surface area is 285 Å². The van der Waals surface area contributed by atoms with E-state index in [2.05, 4.69) is 20.8 Å². The molecule has 0 spiro atoms. The maximum atomic E-state index is 2.45. The zero-order valence-electron chi connectivity index (χ0n) is 33.0. The molecule has 4 fully saturated rings. The van der Waals surface area contributed by atoms with Crippen LogP contribution in [0.5, 0.6) is 0 Å². The maximum Gasteiger partial charge on any atom is -0.0386 e. The molecule has 4 aliphatic carbocycles. The number of hydrogen-bond donors (Lipinski definition) is 0. The lowest BCUT2D eigenvalue weighted by Crippen LogP contribution is -2.18. The minimum Gasteiger partial charge on any atom is -0.0776 e. The van der Waals surface area contributed by atoms with Crippen LogP contribution in [-0.4, -0.2) is 0 Å². The molecule has 0 bridgehead atoms. The molecule has 0 N–H and O–H groups in total. The normalized spacial score (nSPS) is 24.1. The lowest BCUT2D eigenvalue weighted by Gasteiger charge is -2.31. The van der Waals surface area contributed by atoms with Gasteiger partial charge in [0.2, 0.25) is 0 Å². The van der Waals surface area contributed by atoms with Gasteiger partial charge in [-0.2, -0.15) is 0 Å². The Morgan fingerprint density at radius 2 is 0.386 bits per heavy atom. The molecule has 0 aromatic carbocycles. The molecule has 0 amide bonds. The first-order valence-corrected chi connectivity index (χ1v) is 21.1. The third-order valence-corrected chi connectivity index (χ3v) is 10.1. The van der Waals surface area contributed by atoms with Gasteiger partial charge in [-0.05, 0) is 29.6 Å². The zero-order chi connectivity index (χ0) is 33.0. The second kappa shape index (κ2) is 43.0. The summed E-state index contributed by atoms with van der Waals surface area (Å²) in [7, 11) is 0. The molecule has 0 nitrogen and oxygen atoms in total. The molecule has 4 aliphatic rings. The first-order chi connectivity index (χ1) is 21.1. The van der Waals surface area contributed by atoms with Crippen LogP contribution in [0.2, 0.25) is 0 Å². The summed E-state index contributed by atoms with van der Waals surface area (Å²) in [5, 5.41) is 0. The highest BCUT2D eigenvalue weighted by Gasteiger charge is 2.23. The van der Waals surface area contributed by atoms with Gasteiger partial charge in [0.25, 0.3) is 0 Å². The molecule has 0 atom stereocenters. The van der Waals surface area contributed by atoms with E-state index >= 15 is 0 Å². The highest BCUT2D eigenvalue weighted by Crippen LogP contribution is 2.36. The van der Waals surface area contributed by atoms with E-state index in [0.717, 1.165) is 29.6 Å². The lowest BCUT2D eigenvalue weighted by atomic mass is 9.75. The molecule has 0 heterocycles. The van der Waals surface area contributed by atoms with Crippen LogP contribution in [0.4, 0.5) is 0 Å². The van der Waals surface area contributed by atoms with Gasteiger partial charge in [-0.15, -0.1) is 0 Å². The van der Waals surface area contributed by atoms with Crippen molar-refractivity contribution in [2.24, 2.45) is 29.6 Å². The monoisotopic (exact) mass is 625 g/mol. The molecule has 0 aliphatic heterocycles. The Hall–Kier alpha value is 0. The summed E-state index contributed by atoms with van der Waals surface area (Å²) in [5.41, 5.74) is 0. The van der Waals surface area contributed by atoms with Crippen molar-refractivity contribution in [3.8, 4) is 0 Å². The van der Waals surface area contributed by atoms with Gasteiger partial charge in [-0.3, -0.25) is 0 Å². The molecule has 4 rings (SSSR count). The van der Waals surface area contributed by atoms with E-state index in [1.165, 1.54) is 148 Å². The van der Waals surface area contributed by atoms with E-state index in [4.69, 9.17) is 0 Å². The molecule has 0 heteroatoms. The van der Waals surface area contributed by atoms with Crippen molar-refractivity contribution in [1.29, 1.82) is 0 Å². The maximum absolute atomic E-state index is 2.45. The second-order valence-electron chi connectivity index (χ2n) is 13.7. The van der Waals surface area contributed by atoms with Crippen LogP contribution in [0.15, 0.2) is 0 Å². The predicted octanol–water partition coefficient (Wildman–Crippen LogP) is 17.4. The van der Waals surface area contributed by atoms with E-state index in [1.807, 2.05) is 55.4 Å². The fourth-order valence-corrected chi connectivity index (χ4v) is 7.50. The second-order valence-corrected chi connectivity index (χ2v) is 13.7. The minimum atomic E-state index is 0. The molecular formula is C44H96. The third kappa shape index (κ3) is 33.4. The first kappa shape index (κ1) is 50.8. The van der Waals surface area contributed by atoms with E-state index in [1.54, 1.807) is 25.7 Å². The SMILES string of the molecule is C.CC.CC.CC.CC.CC1CCCC(C2CCCCCCC2)CCC1.CC1CCCCCCC1.CC1CCCCCCC1. The highest BCUT2D eigenvalue weighted by molar-refractivity contribution is 4.75. The van der Waals surface area contributed by atoms with Gasteiger partial charge in [0.05, 0.1) is 0 Å². The molecule has 0 aromatic heterocycles. The van der Waals surface area contributed by atoms with Crippen molar-refractivity contribution < 1.29 is 0 Å². The Bertz CT molecular complexity index is 399. The lowest BCUT2D eigenvalue weighted by molar-refractivity contribution is 0.210. The van der Waals surface area contributed by atoms with Crippen molar-refractivity contribution in [2.75, 3.05) is 0 Å². The summed E-state index contributed by atoms with van der Waals surface area (Å²) in [6.07, 6.45) is 40.7. The molecule has 0 aromatic rings. The minimum absolute atomic E-state index is 0. The van der Waals surface area contributed by atoms with Crippen LogP contribution in [0.25, 0.3) is 0 Å². The number of hydrogen-bond acceptors (Lipinski definition) is 0. The Balaban J connectivity index is -0.000000255. The number of rotatable bonds is 1. The summed E-state index contributed by atoms with van der Waals surface area (Å²) in [4.78, 5) is 0. The van der Waals surface area contributed by atoms with Gasteiger partial charge < -0.3 is 0 Å². The summed E-state index contributed by atoms with van der Waals surface area (Å²) in [6, 6.07) is 0. The van der Waals surface area contributed by atoms with Crippen LogP contribution < -0.4 is 0 Å². The van der Waals surface area contributed by atoms with E-state index in [9.17, 15) is 0 Å². The van der Waals surface area contributed by atoms with Crippen LogP contribution in [0.1, 0.15) is 257 Å². The van der Waals surface area contributed by atoms with Gasteiger partial charge >= 0.3 is 0 Å². The van der Waals surface area contributed by atoms with Crippen molar-refractivity contribution >= 4 is 0 Å². The summed E-state index contributed by atoms with van der Waals surface area (Å²) >= 11 is 0. The Kier molecular flexibility index (Phi) is 49.7. The van der Waals surface area contributed by atoms with Crippen LogP contribution in [0.3, 0.4) is 0 Å². The van der Waals surface area contributed by atoms with Gasteiger partial charge in [0.15, 0.2) is 0 Å². The molecule has 0 unspecified atom stereocenters. The van der Waals surface area contributed by atoms with E-state index in [0.29, 0.717) is 0 Å².